The molecule has 0 radical (unpaired) electrons. The van der Waals surface area contributed by atoms with E-state index in [9.17, 15) is 4.79 Å². The van der Waals surface area contributed by atoms with E-state index in [0.29, 0.717) is 6.42 Å². The second kappa shape index (κ2) is 9.57. The van der Waals surface area contributed by atoms with Crippen LogP contribution in [0.2, 0.25) is 0 Å². The van der Waals surface area contributed by atoms with Crippen molar-refractivity contribution in [1.29, 1.82) is 0 Å². The molecule has 1 saturated heterocycles. The maximum atomic E-state index is 12.2. The topological polar surface area (TPSA) is 51.2 Å². The van der Waals surface area contributed by atoms with Gasteiger partial charge >= 0.3 is 0 Å². The first kappa shape index (κ1) is 22.1. The Labute approximate surface area is 191 Å². The number of nitrogens with one attached hydrogen (secondary N) is 1. The van der Waals surface area contributed by atoms with E-state index in [2.05, 4.69) is 94.7 Å². The monoisotopic (exact) mass is 431 g/mol. The maximum Gasteiger partial charge on any atom is 0.241 e. The lowest BCUT2D eigenvalue weighted by Crippen LogP contribution is -2.47. The summed E-state index contributed by atoms with van der Waals surface area (Å²) in [6, 6.07) is 18.9. The molecule has 4 rings (SSSR count). The highest BCUT2D eigenvalue weighted by Crippen LogP contribution is 2.46. The average molecular weight is 432 g/mol. The summed E-state index contributed by atoms with van der Waals surface area (Å²) in [6.07, 6.45) is 4.13. The molecule has 32 heavy (non-hydrogen) atoms. The maximum absolute atomic E-state index is 12.2. The summed E-state index contributed by atoms with van der Waals surface area (Å²) in [5.41, 5.74) is 7.53. The Hall–Kier alpha value is -3.12. The highest BCUT2D eigenvalue weighted by atomic mass is 16.2. The van der Waals surface area contributed by atoms with Crippen LogP contribution in [0.1, 0.15) is 25.8 Å². The van der Waals surface area contributed by atoms with Crippen LogP contribution in [-0.4, -0.2) is 56.8 Å². The lowest BCUT2D eigenvalue weighted by atomic mass is 9.84. The highest BCUT2D eigenvalue weighted by Gasteiger charge is 2.37. The van der Waals surface area contributed by atoms with Crippen molar-refractivity contribution in [1.82, 2.24) is 10.3 Å². The molecule has 0 aliphatic carbocycles. The van der Waals surface area contributed by atoms with Crippen LogP contribution < -0.4 is 15.2 Å². The second-order valence-electron chi connectivity index (χ2n) is 8.98. The summed E-state index contributed by atoms with van der Waals surface area (Å²) < 4.78 is 0. The molecule has 168 valence electrons. The van der Waals surface area contributed by atoms with Crippen molar-refractivity contribution in [2.24, 2.45) is 5.10 Å². The first-order valence-electron chi connectivity index (χ1n) is 11.3. The standard InChI is InChI=1S/C26H33N5O/c1-26(2)22-11-7-8-12-23(22)29(3)24(26)13-15-27-28-25(32)14-16-30-17-19-31(20-18-30)21-9-5-4-6-10-21/h4-13,15H,14,16-20H2,1-3H3,(H,28,32)/b24-13-,27-15+. The van der Waals surface area contributed by atoms with Crippen molar-refractivity contribution in [3.05, 3.63) is 71.9 Å². The normalized spacial score (nSPS) is 19.5. The highest BCUT2D eigenvalue weighted by molar-refractivity contribution is 5.81. The Kier molecular flexibility index (Phi) is 6.61. The number of rotatable bonds is 6. The third kappa shape index (κ3) is 4.70. The number of anilines is 2. The molecular weight excluding hydrogens is 398 g/mol. The van der Waals surface area contributed by atoms with Crippen LogP contribution in [0.3, 0.4) is 0 Å². The van der Waals surface area contributed by atoms with Gasteiger partial charge in [-0.3, -0.25) is 9.69 Å². The van der Waals surface area contributed by atoms with Gasteiger partial charge in [-0.2, -0.15) is 5.10 Å². The fourth-order valence-electron chi connectivity index (χ4n) is 4.70. The van der Waals surface area contributed by atoms with Crippen LogP contribution in [0.15, 0.2) is 71.5 Å². The van der Waals surface area contributed by atoms with Crippen molar-refractivity contribution in [3.8, 4) is 0 Å². The summed E-state index contributed by atoms with van der Waals surface area (Å²) in [7, 11) is 2.07. The minimum absolute atomic E-state index is 0.0486. The molecule has 0 spiro atoms. The zero-order chi connectivity index (χ0) is 22.6. The number of para-hydroxylation sites is 2. The van der Waals surface area contributed by atoms with Gasteiger partial charge in [-0.15, -0.1) is 0 Å². The molecule has 1 amide bonds. The van der Waals surface area contributed by atoms with E-state index in [1.807, 2.05) is 12.1 Å². The van der Waals surface area contributed by atoms with Gasteiger partial charge in [0.05, 0.1) is 0 Å². The van der Waals surface area contributed by atoms with Gasteiger partial charge in [-0.05, 0) is 29.8 Å². The van der Waals surface area contributed by atoms with Crippen LogP contribution >= 0.6 is 0 Å². The van der Waals surface area contributed by atoms with Crippen LogP contribution in [0.25, 0.3) is 0 Å². The van der Waals surface area contributed by atoms with Gasteiger partial charge in [0.25, 0.3) is 0 Å². The molecule has 2 aliphatic heterocycles. The summed E-state index contributed by atoms with van der Waals surface area (Å²) in [5.74, 6) is -0.0486. The summed E-state index contributed by atoms with van der Waals surface area (Å²) in [6.45, 7) is 9.11. The molecule has 0 atom stereocenters. The number of benzene rings is 2. The molecule has 6 nitrogen and oxygen atoms in total. The van der Waals surface area contributed by atoms with Gasteiger partial charge < -0.3 is 9.80 Å². The van der Waals surface area contributed by atoms with Crippen molar-refractivity contribution in [2.75, 3.05) is 49.6 Å². The van der Waals surface area contributed by atoms with Gasteiger partial charge in [0.15, 0.2) is 0 Å². The quantitative estimate of drug-likeness (QED) is 0.561. The molecule has 2 aromatic rings. The molecule has 2 aromatic carbocycles. The van der Waals surface area contributed by atoms with Crippen molar-refractivity contribution >= 4 is 23.5 Å². The molecule has 0 saturated carbocycles. The minimum Gasteiger partial charge on any atom is -0.369 e. The number of fused-ring (bicyclic) bond motifs is 1. The number of hydrazone groups is 1. The van der Waals surface area contributed by atoms with Crippen LogP contribution in [-0.2, 0) is 10.2 Å². The number of hydrogen-bond donors (Lipinski definition) is 1. The number of carbonyl (C=O) groups excluding carboxylic acids is 1. The lowest BCUT2D eigenvalue weighted by Gasteiger charge is -2.36. The van der Waals surface area contributed by atoms with E-state index in [1.165, 1.54) is 16.9 Å². The SMILES string of the molecule is CN1/C(=C\C=N\NC(=O)CCN2CCN(c3ccccc3)CC2)C(C)(C)c2ccccc21. The van der Waals surface area contributed by atoms with E-state index >= 15 is 0 Å². The van der Waals surface area contributed by atoms with Gasteiger partial charge in [0.2, 0.25) is 5.91 Å². The van der Waals surface area contributed by atoms with Gasteiger partial charge in [0, 0.05) is 74.9 Å². The first-order valence-corrected chi connectivity index (χ1v) is 11.3. The van der Waals surface area contributed by atoms with E-state index < -0.39 is 0 Å². The third-order valence-electron chi connectivity index (χ3n) is 6.59. The number of nitrogens with zero attached hydrogens (tertiary/aromatic N) is 4. The average Bonchev–Trinajstić information content (AvgIpc) is 3.02. The predicted molar refractivity (Wildman–Crippen MR) is 132 cm³/mol. The van der Waals surface area contributed by atoms with E-state index in [4.69, 9.17) is 0 Å². The second-order valence-corrected chi connectivity index (χ2v) is 8.98. The number of amides is 1. The van der Waals surface area contributed by atoms with E-state index in [-0.39, 0.29) is 11.3 Å². The Balaban J connectivity index is 1.22. The Morgan fingerprint density at radius 2 is 1.72 bits per heavy atom. The van der Waals surface area contributed by atoms with Crippen LogP contribution in [0, 0.1) is 0 Å². The fourth-order valence-corrected chi connectivity index (χ4v) is 4.70. The summed E-state index contributed by atoms with van der Waals surface area (Å²) in [4.78, 5) is 19.2. The number of hydrogen-bond acceptors (Lipinski definition) is 5. The van der Waals surface area contributed by atoms with E-state index in [0.717, 1.165) is 38.4 Å². The molecule has 1 N–H and O–H groups in total. The smallest absolute Gasteiger partial charge is 0.241 e. The molecule has 0 unspecified atom stereocenters. The Morgan fingerprint density at radius 3 is 2.44 bits per heavy atom. The van der Waals surface area contributed by atoms with Gasteiger partial charge in [-0.1, -0.05) is 50.2 Å². The Morgan fingerprint density at radius 1 is 1.03 bits per heavy atom. The minimum atomic E-state index is -0.0940. The van der Waals surface area contributed by atoms with Crippen molar-refractivity contribution < 1.29 is 4.79 Å². The number of carbonyl (C=O) groups is 1. The molecule has 1 fully saturated rings. The lowest BCUT2D eigenvalue weighted by molar-refractivity contribution is -0.121. The molecule has 2 aliphatic rings. The third-order valence-corrected chi connectivity index (χ3v) is 6.59. The number of allylic oxidation sites excluding steroid dienone is 2. The zero-order valence-corrected chi connectivity index (χ0v) is 19.3. The van der Waals surface area contributed by atoms with E-state index in [1.54, 1.807) is 6.21 Å². The van der Waals surface area contributed by atoms with Crippen molar-refractivity contribution in [3.63, 3.8) is 0 Å². The summed E-state index contributed by atoms with van der Waals surface area (Å²) >= 11 is 0. The predicted octanol–water partition coefficient (Wildman–Crippen LogP) is 3.61. The Bertz CT molecular complexity index is 990. The molecular formula is C26H33N5O. The molecule has 2 heterocycles. The number of piperazine rings is 1. The van der Waals surface area contributed by atoms with Gasteiger partial charge in [-0.25, -0.2) is 5.43 Å². The largest absolute Gasteiger partial charge is 0.369 e. The molecule has 0 aromatic heterocycles. The van der Waals surface area contributed by atoms with Crippen molar-refractivity contribution in [2.45, 2.75) is 25.7 Å². The summed E-state index contributed by atoms with van der Waals surface area (Å²) in [5, 5.41) is 4.16. The number of likely N-dealkylation sites (N-methyl/N-ethyl adjacent to an activating group) is 1. The molecule has 0 bridgehead atoms. The van der Waals surface area contributed by atoms with Crippen LogP contribution in [0.5, 0.6) is 0 Å². The first-order chi connectivity index (χ1) is 15.5. The zero-order valence-electron chi connectivity index (χ0n) is 19.3. The fraction of sp³-hybridized carbons (Fsp3) is 0.385. The van der Waals surface area contributed by atoms with Crippen LogP contribution in [0.4, 0.5) is 11.4 Å². The molecule has 6 heteroatoms. The van der Waals surface area contributed by atoms with Gasteiger partial charge in [0.1, 0.15) is 0 Å².